The summed E-state index contributed by atoms with van der Waals surface area (Å²) in [6, 6.07) is 6.42. The van der Waals surface area contributed by atoms with Crippen LogP contribution < -0.4 is 22.2 Å². The molecule has 1 rings (SSSR count). The van der Waals surface area contributed by atoms with E-state index in [9.17, 15) is 14.4 Å². The minimum Gasteiger partial charge on any atom is -0.364 e. The maximum Gasteiger partial charge on any atom is 0.274 e. The summed E-state index contributed by atoms with van der Waals surface area (Å²) in [5, 5.41) is 6.10. The van der Waals surface area contributed by atoms with Crippen molar-refractivity contribution in [3.05, 3.63) is 24.3 Å². The van der Waals surface area contributed by atoms with Gasteiger partial charge in [-0.15, -0.1) is 0 Å². The number of anilines is 2. The number of hydrogen-bond donors (Lipinski definition) is 4. The first-order valence-corrected chi connectivity index (χ1v) is 5.21. The monoisotopic (exact) mass is 263 g/mol. The van der Waals surface area contributed by atoms with E-state index in [0.29, 0.717) is 11.4 Å². The van der Waals surface area contributed by atoms with Gasteiger partial charge >= 0.3 is 0 Å². The van der Waals surface area contributed by atoms with Crippen molar-refractivity contribution in [2.45, 2.75) is 6.92 Å². The van der Waals surface area contributed by atoms with Gasteiger partial charge in [0, 0.05) is 12.6 Å². The van der Waals surface area contributed by atoms with Crippen molar-refractivity contribution < 1.29 is 14.4 Å². The van der Waals surface area contributed by atoms with E-state index in [-0.39, 0.29) is 5.91 Å². The molecular weight excluding hydrogens is 250 g/mol. The highest BCUT2D eigenvalue weighted by Crippen LogP contribution is 2.13. The molecule has 0 saturated carbocycles. The van der Waals surface area contributed by atoms with Crippen molar-refractivity contribution in [2.24, 2.45) is 16.6 Å². The number of nitrogens with two attached hydrogens (primary N) is 2. The van der Waals surface area contributed by atoms with Crippen LogP contribution >= 0.6 is 0 Å². The van der Waals surface area contributed by atoms with Gasteiger partial charge < -0.3 is 16.8 Å². The third kappa shape index (κ3) is 4.46. The number of amides is 3. The molecule has 6 N–H and O–H groups in total. The molecule has 0 unspecified atom stereocenters. The lowest BCUT2D eigenvalue weighted by Crippen LogP contribution is -2.36. The minimum atomic E-state index is -1.02. The highest BCUT2D eigenvalue weighted by molar-refractivity contribution is 6.64. The highest BCUT2D eigenvalue weighted by atomic mass is 16.2. The van der Waals surface area contributed by atoms with Crippen molar-refractivity contribution in [1.29, 1.82) is 0 Å². The van der Waals surface area contributed by atoms with E-state index in [0.717, 1.165) is 0 Å². The Morgan fingerprint density at radius 2 is 1.47 bits per heavy atom. The Morgan fingerprint density at radius 3 is 1.89 bits per heavy atom. The molecule has 0 aromatic heterocycles. The van der Waals surface area contributed by atoms with Gasteiger partial charge in [0.25, 0.3) is 11.8 Å². The standard InChI is InChI=1S/C11H13N5O3/c1-6(17)14-7-2-4-8(5-3-7)15-16-9(10(12)18)11(13)19/h2-5,15H,1H3,(H2,12,18)(H2,13,19)(H,14,17). The quantitative estimate of drug-likeness (QED) is 0.319. The third-order valence-electron chi connectivity index (χ3n) is 1.97. The van der Waals surface area contributed by atoms with Crippen LogP contribution in [-0.4, -0.2) is 23.4 Å². The van der Waals surface area contributed by atoms with E-state index in [4.69, 9.17) is 11.5 Å². The second kappa shape index (κ2) is 6.15. The van der Waals surface area contributed by atoms with Crippen LogP contribution in [0.3, 0.4) is 0 Å². The van der Waals surface area contributed by atoms with Crippen LogP contribution in [0.15, 0.2) is 29.4 Å². The maximum atomic E-state index is 10.8. The summed E-state index contributed by atoms with van der Waals surface area (Å²) in [4.78, 5) is 32.5. The molecular formula is C11H13N5O3. The van der Waals surface area contributed by atoms with Crippen LogP contribution in [0, 0.1) is 0 Å². The maximum absolute atomic E-state index is 10.8. The molecule has 8 heteroatoms. The first kappa shape index (κ1) is 14.2. The lowest BCUT2D eigenvalue weighted by molar-refractivity contribution is -0.116. The third-order valence-corrected chi connectivity index (χ3v) is 1.97. The Morgan fingerprint density at radius 1 is 1.00 bits per heavy atom. The van der Waals surface area contributed by atoms with Crippen LogP contribution in [0.25, 0.3) is 0 Å². The first-order chi connectivity index (χ1) is 8.90. The van der Waals surface area contributed by atoms with Gasteiger partial charge in [-0.3, -0.25) is 19.8 Å². The van der Waals surface area contributed by atoms with Gasteiger partial charge in [0.1, 0.15) is 0 Å². The summed E-state index contributed by atoms with van der Waals surface area (Å²) in [5.41, 5.74) is 12.8. The Hall–Kier alpha value is -2.90. The summed E-state index contributed by atoms with van der Waals surface area (Å²) < 4.78 is 0. The molecule has 0 aliphatic heterocycles. The molecule has 0 aliphatic carbocycles. The lowest BCUT2D eigenvalue weighted by Gasteiger charge is -2.04. The number of carbonyl (C=O) groups is 3. The molecule has 8 nitrogen and oxygen atoms in total. The zero-order valence-corrected chi connectivity index (χ0v) is 10.1. The van der Waals surface area contributed by atoms with E-state index in [2.05, 4.69) is 15.8 Å². The predicted octanol–water partition coefficient (Wildman–Crippen LogP) is -0.616. The fraction of sp³-hybridized carbons (Fsp3) is 0.0909. The fourth-order valence-electron chi connectivity index (χ4n) is 1.18. The van der Waals surface area contributed by atoms with E-state index in [1.54, 1.807) is 24.3 Å². The number of hydrazone groups is 1. The molecule has 0 aliphatic rings. The van der Waals surface area contributed by atoms with Gasteiger partial charge in [-0.25, -0.2) is 0 Å². The van der Waals surface area contributed by atoms with Crippen molar-refractivity contribution in [3.8, 4) is 0 Å². The van der Waals surface area contributed by atoms with Crippen LogP contribution in [-0.2, 0) is 14.4 Å². The summed E-state index contributed by atoms with van der Waals surface area (Å²) in [5.74, 6) is -2.23. The largest absolute Gasteiger partial charge is 0.364 e. The van der Waals surface area contributed by atoms with Gasteiger partial charge in [-0.05, 0) is 24.3 Å². The Labute approximate surface area is 108 Å². The van der Waals surface area contributed by atoms with Crippen LogP contribution in [0.1, 0.15) is 6.92 Å². The molecule has 3 amide bonds. The predicted molar refractivity (Wildman–Crippen MR) is 70.2 cm³/mol. The fourth-order valence-corrected chi connectivity index (χ4v) is 1.18. The molecule has 0 spiro atoms. The summed E-state index contributed by atoms with van der Waals surface area (Å²) in [7, 11) is 0. The molecule has 0 radical (unpaired) electrons. The van der Waals surface area contributed by atoms with E-state index < -0.39 is 17.5 Å². The van der Waals surface area contributed by atoms with Gasteiger partial charge in [-0.2, -0.15) is 5.10 Å². The average molecular weight is 263 g/mol. The number of rotatable bonds is 5. The zero-order chi connectivity index (χ0) is 14.4. The zero-order valence-electron chi connectivity index (χ0n) is 10.1. The number of primary amides is 2. The Bertz CT molecular complexity index is 520. The van der Waals surface area contributed by atoms with E-state index in [1.807, 2.05) is 0 Å². The number of nitrogens with zero attached hydrogens (tertiary/aromatic N) is 1. The normalized spacial score (nSPS) is 9.32. The van der Waals surface area contributed by atoms with Crippen molar-refractivity contribution in [3.63, 3.8) is 0 Å². The second-order valence-electron chi connectivity index (χ2n) is 3.56. The number of benzene rings is 1. The molecule has 0 bridgehead atoms. The number of nitrogens with one attached hydrogen (secondary N) is 2. The summed E-state index contributed by atoms with van der Waals surface area (Å²) in [6.07, 6.45) is 0. The second-order valence-corrected chi connectivity index (χ2v) is 3.56. The lowest BCUT2D eigenvalue weighted by atomic mass is 10.3. The number of carbonyl (C=O) groups excluding carboxylic acids is 3. The van der Waals surface area contributed by atoms with Crippen LogP contribution in [0.5, 0.6) is 0 Å². The molecule has 19 heavy (non-hydrogen) atoms. The topological polar surface area (TPSA) is 140 Å². The van der Waals surface area contributed by atoms with Crippen LogP contribution in [0.4, 0.5) is 11.4 Å². The Balaban J connectivity index is 2.78. The van der Waals surface area contributed by atoms with Gasteiger partial charge in [0.2, 0.25) is 11.6 Å². The molecule has 1 aromatic rings. The van der Waals surface area contributed by atoms with E-state index >= 15 is 0 Å². The van der Waals surface area contributed by atoms with Gasteiger partial charge in [0.05, 0.1) is 5.69 Å². The molecule has 0 fully saturated rings. The van der Waals surface area contributed by atoms with E-state index in [1.165, 1.54) is 6.92 Å². The minimum absolute atomic E-state index is 0.191. The molecule has 0 atom stereocenters. The highest BCUT2D eigenvalue weighted by Gasteiger charge is 2.13. The molecule has 100 valence electrons. The summed E-state index contributed by atoms with van der Waals surface area (Å²) >= 11 is 0. The SMILES string of the molecule is CC(=O)Nc1ccc(NN=C(C(N)=O)C(N)=O)cc1. The first-order valence-electron chi connectivity index (χ1n) is 5.21. The van der Waals surface area contributed by atoms with Crippen molar-refractivity contribution >= 4 is 34.8 Å². The van der Waals surface area contributed by atoms with Crippen LogP contribution in [0.2, 0.25) is 0 Å². The summed E-state index contributed by atoms with van der Waals surface area (Å²) in [6.45, 7) is 1.39. The van der Waals surface area contributed by atoms with Gasteiger partial charge in [-0.1, -0.05) is 0 Å². The average Bonchev–Trinajstić information content (AvgIpc) is 2.29. The molecule has 1 aromatic carbocycles. The van der Waals surface area contributed by atoms with Crippen molar-refractivity contribution in [2.75, 3.05) is 10.7 Å². The smallest absolute Gasteiger partial charge is 0.274 e. The molecule has 0 heterocycles. The van der Waals surface area contributed by atoms with Crippen molar-refractivity contribution in [1.82, 2.24) is 0 Å². The Kier molecular flexibility index (Phi) is 4.58. The molecule has 0 saturated heterocycles. The number of hydrogen-bond acceptors (Lipinski definition) is 5. The van der Waals surface area contributed by atoms with Gasteiger partial charge in [0.15, 0.2) is 0 Å².